The molecule has 0 aliphatic heterocycles. The van der Waals surface area contributed by atoms with E-state index in [0.29, 0.717) is 13.2 Å². The van der Waals surface area contributed by atoms with Gasteiger partial charge in [-0.05, 0) is 13.8 Å². The number of hydrogen-bond acceptors (Lipinski definition) is 3. The van der Waals surface area contributed by atoms with Gasteiger partial charge in [0.2, 0.25) is 0 Å². The second-order valence-corrected chi connectivity index (χ2v) is 4.44. The van der Waals surface area contributed by atoms with E-state index in [1.54, 1.807) is 13.8 Å². The van der Waals surface area contributed by atoms with Crippen molar-refractivity contribution in [2.45, 2.75) is 66.2 Å². The van der Waals surface area contributed by atoms with Crippen molar-refractivity contribution in [1.82, 2.24) is 0 Å². The Kier molecular flexibility index (Phi) is 20.0. The van der Waals surface area contributed by atoms with Crippen molar-refractivity contribution in [2.24, 2.45) is 0 Å². The van der Waals surface area contributed by atoms with Crippen LogP contribution in [-0.2, 0) is 13.6 Å². The maximum absolute atomic E-state index is 10.3. The Morgan fingerprint density at radius 1 is 0.750 bits per heavy atom. The largest absolute Gasteiger partial charge is 0.697 e. The third-order valence-electron chi connectivity index (χ3n) is 1.93. The van der Waals surface area contributed by atoms with Gasteiger partial charge >= 0.3 is 8.25 Å². The Hall–Kier alpha value is 0.0200. The Bertz CT molecular complexity index is 126. The molecule has 0 amide bonds. The van der Waals surface area contributed by atoms with Gasteiger partial charge in [-0.2, -0.15) is 0 Å². The first-order valence-corrected chi connectivity index (χ1v) is 7.55. The standard InChI is InChI=1S/C8H18.C4H10O3P/c1-3-5-7-8-6-4-2;1-3-6-8(5)7-4-2/h3-8H2,1-2H3;3-4H2,1-2H3/q;+1. The molecule has 4 heteroatoms. The van der Waals surface area contributed by atoms with Crippen LogP contribution >= 0.6 is 8.25 Å². The van der Waals surface area contributed by atoms with E-state index in [0.717, 1.165) is 0 Å². The quantitative estimate of drug-likeness (QED) is 0.423. The summed E-state index contributed by atoms with van der Waals surface area (Å²) in [6.45, 7) is 8.93. The van der Waals surface area contributed by atoms with Gasteiger partial charge in [0.1, 0.15) is 13.2 Å². The fraction of sp³-hybridized carbons (Fsp3) is 1.00. The summed E-state index contributed by atoms with van der Waals surface area (Å²) in [5, 5.41) is 0. The zero-order chi connectivity index (χ0) is 12.6. The molecule has 0 N–H and O–H groups in total. The van der Waals surface area contributed by atoms with Gasteiger partial charge in [-0.1, -0.05) is 52.4 Å². The van der Waals surface area contributed by atoms with Gasteiger partial charge in [0, 0.05) is 4.57 Å². The molecule has 0 bridgehead atoms. The van der Waals surface area contributed by atoms with Crippen molar-refractivity contribution in [3.63, 3.8) is 0 Å². The van der Waals surface area contributed by atoms with Crippen LogP contribution in [0.15, 0.2) is 0 Å². The average molecular weight is 251 g/mol. The zero-order valence-corrected chi connectivity index (χ0v) is 12.2. The number of hydrogen-bond donors (Lipinski definition) is 0. The minimum Gasteiger partial charge on any atom is -0.119 e. The first-order chi connectivity index (χ1) is 7.72. The van der Waals surface area contributed by atoms with E-state index in [4.69, 9.17) is 0 Å². The van der Waals surface area contributed by atoms with Gasteiger partial charge < -0.3 is 0 Å². The van der Waals surface area contributed by atoms with Crippen LogP contribution in [0.3, 0.4) is 0 Å². The second-order valence-electron chi connectivity index (χ2n) is 3.47. The third-order valence-corrected chi connectivity index (χ3v) is 2.86. The molecule has 0 spiro atoms. The smallest absolute Gasteiger partial charge is 0.119 e. The molecular formula is C12H28O3P+. The third kappa shape index (κ3) is 19.6. The van der Waals surface area contributed by atoms with Crippen molar-refractivity contribution in [1.29, 1.82) is 0 Å². The van der Waals surface area contributed by atoms with Crippen LogP contribution in [0.5, 0.6) is 0 Å². The summed E-state index contributed by atoms with van der Waals surface area (Å²) < 4.78 is 19.5. The van der Waals surface area contributed by atoms with E-state index in [9.17, 15) is 4.57 Å². The molecule has 0 aromatic carbocycles. The van der Waals surface area contributed by atoms with Crippen LogP contribution in [0.2, 0.25) is 0 Å². The summed E-state index contributed by atoms with van der Waals surface area (Å²) in [6.07, 6.45) is 8.49. The Morgan fingerprint density at radius 2 is 1.12 bits per heavy atom. The molecular weight excluding hydrogens is 223 g/mol. The van der Waals surface area contributed by atoms with E-state index in [2.05, 4.69) is 22.9 Å². The van der Waals surface area contributed by atoms with Crippen molar-refractivity contribution in [3.8, 4) is 0 Å². The van der Waals surface area contributed by atoms with E-state index in [-0.39, 0.29) is 0 Å². The van der Waals surface area contributed by atoms with Crippen LogP contribution in [0, 0.1) is 0 Å². The van der Waals surface area contributed by atoms with Crippen molar-refractivity contribution in [3.05, 3.63) is 0 Å². The molecule has 0 saturated carbocycles. The van der Waals surface area contributed by atoms with Crippen molar-refractivity contribution < 1.29 is 13.6 Å². The molecule has 16 heavy (non-hydrogen) atoms. The molecule has 3 nitrogen and oxygen atoms in total. The van der Waals surface area contributed by atoms with Gasteiger partial charge in [0.25, 0.3) is 0 Å². The van der Waals surface area contributed by atoms with Gasteiger partial charge in [-0.15, -0.1) is 9.05 Å². The summed E-state index contributed by atoms with van der Waals surface area (Å²) in [6, 6.07) is 0. The van der Waals surface area contributed by atoms with Crippen LogP contribution in [-0.4, -0.2) is 13.2 Å². The van der Waals surface area contributed by atoms with Crippen LogP contribution in [0.4, 0.5) is 0 Å². The summed E-state index contributed by atoms with van der Waals surface area (Å²) in [5.74, 6) is 0. The Balaban J connectivity index is 0. The first kappa shape index (κ1) is 18.4. The highest BCUT2D eigenvalue weighted by atomic mass is 31.1. The maximum atomic E-state index is 10.3. The van der Waals surface area contributed by atoms with Gasteiger partial charge in [0.05, 0.1) is 0 Å². The summed E-state index contributed by atoms with van der Waals surface area (Å²) in [4.78, 5) is 0. The minimum absolute atomic E-state index is 0.440. The number of rotatable bonds is 9. The van der Waals surface area contributed by atoms with Gasteiger partial charge in [-0.3, -0.25) is 0 Å². The lowest BCUT2D eigenvalue weighted by atomic mass is 10.1. The maximum Gasteiger partial charge on any atom is 0.697 e. The fourth-order valence-electron chi connectivity index (χ4n) is 1.10. The minimum atomic E-state index is -1.83. The zero-order valence-electron chi connectivity index (χ0n) is 11.3. The highest BCUT2D eigenvalue weighted by Gasteiger charge is 2.15. The van der Waals surface area contributed by atoms with E-state index >= 15 is 0 Å². The molecule has 98 valence electrons. The van der Waals surface area contributed by atoms with Gasteiger partial charge in [0.15, 0.2) is 0 Å². The predicted molar refractivity (Wildman–Crippen MR) is 69.9 cm³/mol. The molecule has 0 atom stereocenters. The van der Waals surface area contributed by atoms with Crippen LogP contribution in [0.25, 0.3) is 0 Å². The van der Waals surface area contributed by atoms with Crippen molar-refractivity contribution >= 4 is 8.25 Å². The molecule has 0 aliphatic carbocycles. The van der Waals surface area contributed by atoms with Gasteiger partial charge in [-0.25, -0.2) is 0 Å². The van der Waals surface area contributed by atoms with Crippen LogP contribution < -0.4 is 0 Å². The van der Waals surface area contributed by atoms with E-state index < -0.39 is 8.25 Å². The SMILES string of the molecule is CCCCCCCC.CCO[P+](=O)OCC. The van der Waals surface area contributed by atoms with Crippen molar-refractivity contribution in [2.75, 3.05) is 13.2 Å². The molecule has 0 radical (unpaired) electrons. The van der Waals surface area contributed by atoms with E-state index in [1.807, 2.05) is 0 Å². The monoisotopic (exact) mass is 251 g/mol. The molecule has 0 heterocycles. The molecule has 0 rings (SSSR count). The lowest BCUT2D eigenvalue weighted by Gasteiger charge is -1.93. The highest BCUT2D eigenvalue weighted by molar-refractivity contribution is 7.33. The topological polar surface area (TPSA) is 35.5 Å². The molecule has 0 aromatic rings. The highest BCUT2D eigenvalue weighted by Crippen LogP contribution is 2.21. The first-order valence-electron chi connectivity index (χ1n) is 6.45. The molecule has 0 fully saturated rings. The molecule has 0 aromatic heterocycles. The summed E-state index contributed by atoms with van der Waals surface area (Å²) >= 11 is 0. The average Bonchev–Trinajstić information content (AvgIpc) is 2.26. The molecule has 0 aliphatic rings. The number of unbranched alkanes of at least 4 members (excludes halogenated alkanes) is 5. The predicted octanol–water partition coefficient (Wildman–Crippen LogP) is 5.08. The lowest BCUT2D eigenvalue weighted by Crippen LogP contribution is -1.81. The fourth-order valence-corrected chi connectivity index (χ4v) is 1.60. The molecule has 0 saturated heterocycles. The summed E-state index contributed by atoms with van der Waals surface area (Å²) in [5.41, 5.74) is 0. The lowest BCUT2D eigenvalue weighted by molar-refractivity contribution is 0.243. The Morgan fingerprint density at radius 3 is 1.38 bits per heavy atom. The van der Waals surface area contributed by atoms with E-state index in [1.165, 1.54) is 38.5 Å². The van der Waals surface area contributed by atoms with Crippen LogP contribution in [0.1, 0.15) is 66.2 Å². The Labute approximate surface area is 102 Å². The summed E-state index contributed by atoms with van der Waals surface area (Å²) in [7, 11) is -1.83. The normalized spacial score (nSPS) is 9.50. The molecule has 0 unspecified atom stereocenters. The second kappa shape index (κ2) is 17.4.